The van der Waals surface area contributed by atoms with Gasteiger partial charge in [0.1, 0.15) is 18.9 Å². The Kier molecular flexibility index (Phi) is 6.16. The number of ether oxygens (including phenoxy) is 1. The van der Waals surface area contributed by atoms with Crippen LogP contribution in [0.1, 0.15) is 36.3 Å². The van der Waals surface area contributed by atoms with Gasteiger partial charge in [-0.05, 0) is 41.0 Å². The molecule has 0 bridgehead atoms. The van der Waals surface area contributed by atoms with Gasteiger partial charge in [0.25, 0.3) is 0 Å². The van der Waals surface area contributed by atoms with Crippen molar-refractivity contribution in [2.45, 2.75) is 37.3 Å². The number of hydroxylamine groups is 2. The van der Waals surface area contributed by atoms with Crippen LogP contribution in [0.25, 0.3) is 11.1 Å². The molecule has 1 amide bonds. The van der Waals surface area contributed by atoms with Crippen molar-refractivity contribution in [1.29, 1.82) is 0 Å². The number of alkyl carbamates (subject to hydrolysis) is 1. The Morgan fingerprint density at radius 3 is 2.23 bits per heavy atom. The molecule has 0 saturated heterocycles. The van der Waals surface area contributed by atoms with Crippen molar-refractivity contribution in [2.75, 3.05) is 20.8 Å². The Bertz CT molecular complexity index is 861. The number of likely N-dealkylation sites (N-methyl/N-ethyl adjacent to an activating group) is 1. The Morgan fingerprint density at radius 1 is 1.13 bits per heavy atom. The van der Waals surface area contributed by atoms with Crippen molar-refractivity contribution in [3.63, 3.8) is 0 Å². The number of nitrogens with one attached hydrogen (secondary N) is 1. The van der Waals surface area contributed by atoms with Crippen molar-refractivity contribution < 1.29 is 19.2 Å². The molecule has 1 N–H and O–H groups in total. The van der Waals surface area contributed by atoms with Crippen LogP contribution < -0.4 is 5.32 Å². The van der Waals surface area contributed by atoms with E-state index in [1.54, 1.807) is 19.2 Å². The second kappa shape index (κ2) is 8.98. The van der Waals surface area contributed by atoms with Gasteiger partial charge in [-0.3, -0.25) is 0 Å². The molecule has 2 atom stereocenters. The molecule has 2 aliphatic carbocycles. The number of fused-ring (bicyclic) bond motifs is 3. The van der Waals surface area contributed by atoms with Gasteiger partial charge in [0.05, 0.1) is 13.2 Å². The molecular weight excluding hydrogens is 380 g/mol. The van der Waals surface area contributed by atoms with Crippen LogP contribution in [0.4, 0.5) is 4.79 Å². The zero-order valence-corrected chi connectivity index (χ0v) is 17.4. The smallest absolute Gasteiger partial charge is 0.407 e. The lowest BCUT2D eigenvalue weighted by Crippen LogP contribution is -2.56. The topological polar surface area (TPSA) is 67.9 Å². The van der Waals surface area contributed by atoms with Crippen LogP contribution >= 0.6 is 0 Å². The van der Waals surface area contributed by atoms with E-state index in [1.165, 1.54) is 11.1 Å². The van der Waals surface area contributed by atoms with Crippen molar-refractivity contribution in [2.24, 2.45) is 5.92 Å². The molecule has 0 spiro atoms. The van der Waals surface area contributed by atoms with E-state index in [9.17, 15) is 9.59 Å². The number of hydrogen-bond acceptors (Lipinski definition) is 5. The maximum atomic E-state index is 12.6. The van der Waals surface area contributed by atoms with Crippen molar-refractivity contribution in [1.82, 2.24) is 10.4 Å². The number of aldehydes is 1. The van der Waals surface area contributed by atoms with Gasteiger partial charge in [-0.1, -0.05) is 55.0 Å². The lowest BCUT2D eigenvalue weighted by Gasteiger charge is -2.40. The normalized spacial score (nSPS) is 17.6. The number of amides is 1. The van der Waals surface area contributed by atoms with Crippen molar-refractivity contribution in [3.8, 4) is 11.1 Å². The third-order valence-corrected chi connectivity index (χ3v) is 6.48. The summed E-state index contributed by atoms with van der Waals surface area (Å²) in [7, 11) is 3.36. The lowest BCUT2D eigenvalue weighted by molar-refractivity contribution is -0.169. The second-order valence-electron chi connectivity index (χ2n) is 8.04. The highest BCUT2D eigenvalue weighted by Gasteiger charge is 2.38. The fraction of sp³-hybridized carbons (Fsp3) is 0.417. The summed E-state index contributed by atoms with van der Waals surface area (Å²) in [4.78, 5) is 29.7. The summed E-state index contributed by atoms with van der Waals surface area (Å²) in [5.41, 5.74) is 4.68. The minimum Gasteiger partial charge on any atom is -0.449 e. The number of nitrogens with zero attached hydrogens (tertiary/aromatic N) is 1. The molecule has 0 aromatic heterocycles. The Morgan fingerprint density at radius 2 is 1.73 bits per heavy atom. The van der Waals surface area contributed by atoms with E-state index < -0.39 is 12.1 Å². The lowest BCUT2D eigenvalue weighted by atomic mass is 9.77. The zero-order valence-electron chi connectivity index (χ0n) is 17.4. The summed E-state index contributed by atoms with van der Waals surface area (Å²) >= 11 is 0. The number of hydrogen-bond donors (Lipinski definition) is 1. The van der Waals surface area contributed by atoms with Gasteiger partial charge < -0.3 is 19.7 Å². The number of carbonyl (C=O) groups excluding carboxylic acids is 2. The standard InChI is InChI=1S/C24H28N2O4/c1-26(29-2)23(16-8-7-9-16)22(14-27)25-24(28)30-15-21-19-12-5-3-10-17(19)18-11-4-6-13-20(18)21/h3-6,10-14,16,21-23H,7-9,15H2,1-2H3,(H,25,28). The molecule has 1 fully saturated rings. The molecule has 0 heterocycles. The molecule has 30 heavy (non-hydrogen) atoms. The Hall–Kier alpha value is -2.70. The van der Waals surface area contributed by atoms with Gasteiger partial charge in [-0.25, -0.2) is 4.79 Å². The van der Waals surface area contributed by atoms with E-state index in [4.69, 9.17) is 9.57 Å². The van der Waals surface area contributed by atoms with E-state index in [0.29, 0.717) is 5.92 Å². The fourth-order valence-corrected chi connectivity index (χ4v) is 4.70. The van der Waals surface area contributed by atoms with Gasteiger partial charge in [-0.15, -0.1) is 0 Å². The summed E-state index contributed by atoms with van der Waals surface area (Å²) in [6, 6.07) is 15.5. The molecule has 158 valence electrons. The molecule has 6 heteroatoms. The third kappa shape index (κ3) is 3.85. The summed E-state index contributed by atoms with van der Waals surface area (Å²) in [5, 5.41) is 4.41. The summed E-state index contributed by atoms with van der Waals surface area (Å²) < 4.78 is 5.60. The largest absolute Gasteiger partial charge is 0.449 e. The molecule has 2 aromatic carbocycles. The first kappa shape index (κ1) is 20.6. The maximum Gasteiger partial charge on any atom is 0.407 e. The number of carbonyl (C=O) groups is 2. The molecular formula is C24H28N2O4. The number of benzene rings is 2. The predicted molar refractivity (Wildman–Crippen MR) is 114 cm³/mol. The summed E-state index contributed by atoms with van der Waals surface area (Å²) in [6.07, 6.45) is 3.38. The van der Waals surface area contributed by atoms with Crippen LogP contribution in [0.3, 0.4) is 0 Å². The fourth-order valence-electron chi connectivity index (χ4n) is 4.70. The number of rotatable bonds is 8. The minimum absolute atomic E-state index is 0.0121. The second-order valence-corrected chi connectivity index (χ2v) is 8.04. The maximum absolute atomic E-state index is 12.6. The average Bonchev–Trinajstić information content (AvgIpc) is 3.06. The van der Waals surface area contributed by atoms with Crippen LogP contribution in [-0.4, -0.2) is 50.3 Å². The Balaban J connectivity index is 1.44. The van der Waals surface area contributed by atoms with Crippen LogP contribution in [0, 0.1) is 5.92 Å². The summed E-state index contributed by atoms with van der Waals surface area (Å²) in [5.74, 6) is 0.306. The van der Waals surface area contributed by atoms with Gasteiger partial charge in [0.15, 0.2) is 0 Å². The highest BCUT2D eigenvalue weighted by atomic mass is 16.7. The molecule has 2 aromatic rings. The van der Waals surface area contributed by atoms with Crippen LogP contribution in [0.5, 0.6) is 0 Å². The SMILES string of the molecule is CON(C)C(C1CCC1)C(C=O)NC(=O)OCC1c2ccccc2-c2ccccc21. The van der Waals surface area contributed by atoms with Gasteiger partial charge >= 0.3 is 6.09 Å². The monoisotopic (exact) mass is 408 g/mol. The van der Waals surface area contributed by atoms with E-state index in [-0.39, 0.29) is 18.6 Å². The quantitative estimate of drug-likeness (QED) is 0.532. The van der Waals surface area contributed by atoms with Gasteiger partial charge in [0.2, 0.25) is 0 Å². The highest BCUT2D eigenvalue weighted by molar-refractivity contribution is 5.79. The van der Waals surface area contributed by atoms with Crippen LogP contribution in [0.2, 0.25) is 0 Å². The summed E-state index contributed by atoms with van der Waals surface area (Å²) in [6.45, 7) is 0.222. The van der Waals surface area contributed by atoms with E-state index in [2.05, 4.69) is 29.6 Å². The molecule has 4 rings (SSSR count). The molecule has 1 saturated carbocycles. The van der Waals surface area contributed by atoms with Gasteiger partial charge in [0, 0.05) is 13.0 Å². The van der Waals surface area contributed by atoms with E-state index in [1.807, 2.05) is 24.3 Å². The first-order valence-electron chi connectivity index (χ1n) is 10.5. The zero-order chi connectivity index (χ0) is 21.1. The molecule has 2 unspecified atom stereocenters. The van der Waals surface area contributed by atoms with E-state index in [0.717, 1.165) is 36.7 Å². The molecule has 6 nitrogen and oxygen atoms in total. The third-order valence-electron chi connectivity index (χ3n) is 6.48. The Labute approximate surface area is 177 Å². The molecule has 2 aliphatic rings. The van der Waals surface area contributed by atoms with E-state index >= 15 is 0 Å². The first-order chi connectivity index (χ1) is 14.6. The van der Waals surface area contributed by atoms with Crippen LogP contribution in [0.15, 0.2) is 48.5 Å². The minimum atomic E-state index is -0.684. The highest BCUT2D eigenvalue weighted by Crippen LogP contribution is 2.44. The molecule has 0 aliphatic heterocycles. The molecule has 0 radical (unpaired) electrons. The van der Waals surface area contributed by atoms with Crippen molar-refractivity contribution in [3.05, 3.63) is 59.7 Å². The predicted octanol–water partition coefficient (Wildman–Crippen LogP) is 3.75. The van der Waals surface area contributed by atoms with Crippen molar-refractivity contribution >= 4 is 12.4 Å². The first-order valence-corrected chi connectivity index (χ1v) is 10.5. The van der Waals surface area contributed by atoms with Gasteiger partial charge in [-0.2, -0.15) is 5.06 Å². The van der Waals surface area contributed by atoms with Crippen LogP contribution in [-0.2, 0) is 14.4 Å². The average molecular weight is 408 g/mol.